The molecule has 59 heavy (non-hydrogen) atoms. The Morgan fingerprint density at radius 1 is 0.475 bits per heavy atom. The molecule has 7 aliphatic carbocycles. The van der Waals surface area contributed by atoms with Gasteiger partial charge in [-0.2, -0.15) is 0 Å². The molecule has 0 saturated heterocycles. The SMILES string of the molecule is CC1(C23CC4(c5cccc(C6=CC=CCC6)c5)CC(c5cccc(-c6ccccc6)c5)(CC(c5cccc(-c6ccccc6)c5)(C4)C2)C3)C=CC=C(C2C=CC=CC2)C1. The zero-order chi connectivity index (χ0) is 39.5. The molecule has 7 aliphatic rings. The second-order valence-corrected chi connectivity index (χ2v) is 19.7. The van der Waals surface area contributed by atoms with E-state index in [1.807, 2.05) is 0 Å². The lowest BCUT2D eigenvalue weighted by Crippen LogP contribution is -2.68. The van der Waals surface area contributed by atoms with E-state index in [1.165, 1.54) is 71.9 Å². The molecule has 5 aromatic carbocycles. The zero-order valence-electron chi connectivity index (χ0n) is 34.6. The van der Waals surface area contributed by atoms with Gasteiger partial charge in [-0.25, -0.2) is 0 Å². The minimum absolute atomic E-state index is 0.0107. The molecule has 0 nitrogen and oxygen atoms in total. The molecule has 0 amide bonds. The van der Waals surface area contributed by atoms with Gasteiger partial charge in [-0.05, 0) is 141 Å². The molecule has 4 fully saturated rings. The molecule has 0 heteroatoms. The van der Waals surface area contributed by atoms with Crippen molar-refractivity contribution in [2.24, 2.45) is 16.7 Å². The van der Waals surface area contributed by atoms with E-state index >= 15 is 0 Å². The van der Waals surface area contributed by atoms with Crippen LogP contribution in [0.3, 0.4) is 0 Å². The first kappa shape index (κ1) is 36.6. The molecule has 4 saturated carbocycles. The Morgan fingerprint density at radius 2 is 1.02 bits per heavy atom. The molecule has 4 bridgehead atoms. The molecule has 0 aliphatic heterocycles. The molecule has 0 spiro atoms. The van der Waals surface area contributed by atoms with E-state index in [2.05, 4.69) is 201 Å². The topological polar surface area (TPSA) is 0 Å². The number of hydrogen-bond acceptors (Lipinski definition) is 0. The first-order chi connectivity index (χ1) is 28.9. The van der Waals surface area contributed by atoms with Gasteiger partial charge in [0.2, 0.25) is 0 Å². The Morgan fingerprint density at radius 3 is 1.54 bits per heavy atom. The highest BCUT2D eigenvalue weighted by Crippen LogP contribution is 2.79. The van der Waals surface area contributed by atoms with Crippen molar-refractivity contribution in [3.05, 3.63) is 222 Å². The van der Waals surface area contributed by atoms with Crippen LogP contribution < -0.4 is 0 Å². The molecule has 0 heterocycles. The second kappa shape index (κ2) is 14.1. The van der Waals surface area contributed by atoms with Crippen LogP contribution >= 0.6 is 0 Å². The molecule has 0 N–H and O–H groups in total. The van der Waals surface area contributed by atoms with Crippen LogP contribution in [0.15, 0.2) is 200 Å². The minimum atomic E-state index is 0.0107. The van der Waals surface area contributed by atoms with E-state index in [4.69, 9.17) is 0 Å². The van der Waals surface area contributed by atoms with Gasteiger partial charge in [0.1, 0.15) is 0 Å². The maximum Gasteiger partial charge on any atom is 0.00179 e. The Balaban J connectivity index is 1.14. The standard InChI is InChI=1S/C59H56/c1-55(33-17-29-51(37-55)47-24-12-5-13-25-47)59-41-56(52-30-14-26-48(34-52)44-18-6-2-7-19-44)38-57(42-59,53-31-15-27-49(35-53)45-20-8-3-9-21-45)40-58(39-56,43-59)54-32-16-28-50(36-54)46-22-10-4-11-23-46/h2-10,12-22,24,26-36,47H,11,23,25,37-43H2,1H3. The third kappa shape index (κ3) is 6.17. The molecule has 4 unspecified atom stereocenters. The smallest absolute Gasteiger partial charge is 0.00179 e. The highest BCUT2D eigenvalue weighted by atomic mass is 14.8. The van der Waals surface area contributed by atoms with Gasteiger partial charge in [0.25, 0.3) is 0 Å². The lowest BCUT2D eigenvalue weighted by atomic mass is 9.29. The number of allylic oxidation sites excluding steroid dienone is 12. The molecule has 0 radical (unpaired) electrons. The normalized spacial score (nSPS) is 31.6. The molecule has 12 rings (SSSR count). The van der Waals surface area contributed by atoms with E-state index in [9.17, 15) is 0 Å². The summed E-state index contributed by atoms with van der Waals surface area (Å²) in [6.45, 7) is 2.68. The number of rotatable bonds is 8. The van der Waals surface area contributed by atoms with Crippen LogP contribution in [-0.4, -0.2) is 0 Å². The lowest BCUT2D eigenvalue weighted by molar-refractivity contribution is -0.152. The van der Waals surface area contributed by atoms with Gasteiger partial charge in [0, 0.05) is 5.92 Å². The van der Waals surface area contributed by atoms with Crippen LogP contribution in [0.25, 0.3) is 27.8 Å². The van der Waals surface area contributed by atoms with Gasteiger partial charge < -0.3 is 0 Å². The molecule has 4 atom stereocenters. The number of hydrogen-bond donors (Lipinski definition) is 0. The van der Waals surface area contributed by atoms with E-state index in [0.29, 0.717) is 5.92 Å². The highest BCUT2D eigenvalue weighted by Gasteiger charge is 2.72. The third-order valence-corrected chi connectivity index (χ3v) is 16.1. The van der Waals surface area contributed by atoms with Crippen LogP contribution in [-0.2, 0) is 16.2 Å². The van der Waals surface area contributed by atoms with Gasteiger partial charge in [-0.15, -0.1) is 0 Å². The summed E-state index contributed by atoms with van der Waals surface area (Å²) in [6.07, 6.45) is 35.6. The van der Waals surface area contributed by atoms with Crippen LogP contribution in [0.1, 0.15) is 93.4 Å². The summed E-state index contributed by atoms with van der Waals surface area (Å²) < 4.78 is 0. The van der Waals surface area contributed by atoms with Gasteiger partial charge in [-0.1, -0.05) is 207 Å². The predicted octanol–water partition coefficient (Wildman–Crippen LogP) is 15.3. The monoisotopic (exact) mass is 764 g/mol. The average Bonchev–Trinajstić information content (AvgIpc) is 3.30. The predicted molar refractivity (Wildman–Crippen MR) is 248 cm³/mol. The average molecular weight is 765 g/mol. The maximum absolute atomic E-state index is 2.68. The molecular formula is C59H56. The van der Waals surface area contributed by atoms with Gasteiger partial charge >= 0.3 is 0 Å². The summed E-state index contributed by atoms with van der Waals surface area (Å²) in [5.41, 5.74) is 14.6. The third-order valence-electron chi connectivity index (χ3n) is 16.1. The van der Waals surface area contributed by atoms with Crippen LogP contribution in [0.5, 0.6) is 0 Å². The Hall–Kier alpha value is -5.46. The quantitative estimate of drug-likeness (QED) is 0.148. The van der Waals surface area contributed by atoms with Crippen molar-refractivity contribution < 1.29 is 0 Å². The van der Waals surface area contributed by atoms with E-state index < -0.39 is 0 Å². The maximum atomic E-state index is 2.68. The summed E-state index contributed by atoms with van der Waals surface area (Å²) in [5, 5.41) is 0. The Bertz CT molecular complexity index is 2490. The number of benzene rings is 5. The minimum Gasteiger partial charge on any atom is -0.0842 e. The van der Waals surface area contributed by atoms with Crippen molar-refractivity contribution in [2.45, 2.75) is 87.4 Å². The van der Waals surface area contributed by atoms with Crippen molar-refractivity contribution in [2.75, 3.05) is 0 Å². The fraction of sp³-hybridized carbons (Fsp3) is 0.288. The fourth-order valence-corrected chi connectivity index (χ4v) is 13.8. The summed E-state index contributed by atoms with van der Waals surface area (Å²) in [5.74, 6) is 0.481. The first-order valence-corrected chi connectivity index (χ1v) is 22.4. The lowest BCUT2D eigenvalue weighted by Gasteiger charge is -2.74. The van der Waals surface area contributed by atoms with Crippen molar-refractivity contribution in [3.63, 3.8) is 0 Å². The van der Waals surface area contributed by atoms with Crippen LogP contribution in [0.4, 0.5) is 0 Å². The first-order valence-electron chi connectivity index (χ1n) is 22.4. The summed E-state index contributed by atoms with van der Waals surface area (Å²) in [4.78, 5) is 0. The van der Waals surface area contributed by atoms with E-state index in [-0.39, 0.29) is 27.1 Å². The van der Waals surface area contributed by atoms with Crippen LogP contribution in [0, 0.1) is 16.7 Å². The van der Waals surface area contributed by atoms with E-state index in [0.717, 1.165) is 25.7 Å². The Kier molecular flexibility index (Phi) is 8.74. The second-order valence-electron chi connectivity index (χ2n) is 19.7. The molecule has 0 aromatic heterocycles. The van der Waals surface area contributed by atoms with Gasteiger partial charge in [0.15, 0.2) is 0 Å². The summed E-state index contributed by atoms with van der Waals surface area (Å²) in [6, 6.07) is 51.8. The van der Waals surface area contributed by atoms with Gasteiger partial charge in [-0.3, -0.25) is 0 Å². The molecular weight excluding hydrogens is 709 g/mol. The molecule has 292 valence electrons. The zero-order valence-corrected chi connectivity index (χ0v) is 34.6. The van der Waals surface area contributed by atoms with Crippen molar-refractivity contribution in [1.82, 2.24) is 0 Å². The largest absolute Gasteiger partial charge is 0.0842 e. The fourth-order valence-electron chi connectivity index (χ4n) is 13.8. The van der Waals surface area contributed by atoms with E-state index in [1.54, 1.807) is 22.3 Å². The van der Waals surface area contributed by atoms with Crippen molar-refractivity contribution >= 4 is 5.57 Å². The van der Waals surface area contributed by atoms with Crippen molar-refractivity contribution in [3.8, 4) is 22.3 Å². The Labute approximate surface area is 352 Å². The van der Waals surface area contributed by atoms with Crippen LogP contribution in [0.2, 0.25) is 0 Å². The van der Waals surface area contributed by atoms with Gasteiger partial charge in [0.05, 0.1) is 0 Å². The summed E-state index contributed by atoms with van der Waals surface area (Å²) >= 11 is 0. The highest BCUT2D eigenvalue weighted by molar-refractivity contribution is 5.70. The molecule has 5 aromatic rings. The van der Waals surface area contributed by atoms with Crippen molar-refractivity contribution in [1.29, 1.82) is 0 Å². The summed E-state index contributed by atoms with van der Waals surface area (Å²) in [7, 11) is 0.